The first kappa shape index (κ1) is 30.5. The molecular weight excluding hydrogens is 691 g/mol. The van der Waals surface area contributed by atoms with Crippen molar-refractivity contribution >= 4 is 93.9 Å². The average Bonchev–Trinajstić information content (AvgIpc) is 3.80. The fourth-order valence-corrected chi connectivity index (χ4v) is 10.3. The summed E-state index contributed by atoms with van der Waals surface area (Å²) in [5, 5.41) is 19.5. The Balaban J connectivity index is 1.24. The Bertz CT molecular complexity index is 3510. The number of hydrogen-bond donors (Lipinski definition) is 0. The first-order valence-corrected chi connectivity index (χ1v) is 19.3. The molecule has 4 heterocycles. The maximum Gasteiger partial charge on any atom is 0.252 e. The number of aromatic nitrogens is 2. The molecule has 13 rings (SSSR count). The Morgan fingerprint density at radius 3 is 1.61 bits per heavy atom. The highest BCUT2D eigenvalue weighted by atomic mass is 15.0. The first-order valence-electron chi connectivity index (χ1n) is 19.3. The SMILES string of the molecule is [C-]#[N+]c1ccc2c(c1)c1c3ccccc3cc3c1n2-c1cc(-c2ccc(-c4ccccc4)cc2)cc2c1B3c1cc3ccccc3c3c4cc(C#N)ccc4n-2c13. The van der Waals surface area contributed by atoms with E-state index in [9.17, 15) is 5.26 Å². The molecule has 0 bridgehead atoms. The molecule has 2 aliphatic rings. The molecule has 0 atom stereocenters. The van der Waals surface area contributed by atoms with Gasteiger partial charge in [0.15, 0.2) is 5.69 Å². The van der Waals surface area contributed by atoms with E-state index in [1.165, 1.54) is 70.9 Å². The zero-order chi connectivity index (χ0) is 37.5. The monoisotopic (exact) mass is 718 g/mol. The van der Waals surface area contributed by atoms with Crippen LogP contribution in [0.25, 0.3) is 104 Å². The Morgan fingerprint density at radius 1 is 0.491 bits per heavy atom. The average molecular weight is 719 g/mol. The third kappa shape index (κ3) is 3.90. The van der Waals surface area contributed by atoms with Gasteiger partial charge in [-0.25, -0.2) is 4.85 Å². The van der Waals surface area contributed by atoms with Gasteiger partial charge >= 0.3 is 0 Å². The molecule has 11 aromatic rings. The van der Waals surface area contributed by atoms with Crippen LogP contribution in [0, 0.1) is 17.9 Å². The number of hydrogen-bond acceptors (Lipinski definition) is 1. The zero-order valence-electron chi connectivity index (χ0n) is 30.5. The van der Waals surface area contributed by atoms with Gasteiger partial charge in [-0.3, -0.25) is 0 Å². The molecule has 4 nitrogen and oxygen atoms in total. The van der Waals surface area contributed by atoms with Crippen LogP contribution in [-0.4, -0.2) is 15.8 Å². The number of nitrogens with zero attached hydrogens (tertiary/aromatic N) is 4. The third-order valence-corrected chi connectivity index (χ3v) is 12.7. The largest absolute Gasteiger partial charge is 0.310 e. The summed E-state index contributed by atoms with van der Waals surface area (Å²) in [7, 11) is 0. The maximum atomic E-state index is 10.1. The van der Waals surface area contributed by atoms with Crippen molar-refractivity contribution in [3.8, 4) is 39.7 Å². The predicted octanol–water partition coefficient (Wildman–Crippen LogP) is 11.1. The van der Waals surface area contributed by atoms with E-state index in [2.05, 4.69) is 172 Å². The normalized spacial score (nSPS) is 12.5. The highest BCUT2D eigenvalue weighted by Gasteiger charge is 2.42. The van der Waals surface area contributed by atoms with Crippen molar-refractivity contribution in [2.75, 3.05) is 0 Å². The van der Waals surface area contributed by atoms with Crippen LogP contribution < -0.4 is 16.4 Å². The van der Waals surface area contributed by atoms with Crippen molar-refractivity contribution in [3.63, 3.8) is 0 Å². The summed E-state index contributed by atoms with van der Waals surface area (Å²) in [6, 6.07) is 61.3. The van der Waals surface area contributed by atoms with Gasteiger partial charge in [-0.2, -0.15) is 5.26 Å². The Labute approximate surface area is 327 Å². The van der Waals surface area contributed by atoms with E-state index in [0.29, 0.717) is 11.3 Å². The topological polar surface area (TPSA) is 38.0 Å². The molecule has 0 fully saturated rings. The van der Waals surface area contributed by atoms with Gasteiger partial charge in [0.1, 0.15) is 0 Å². The van der Waals surface area contributed by atoms with E-state index >= 15 is 0 Å². The van der Waals surface area contributed by atoms with Crippen LogP contribution >= 0.6 is 0 Å². The van der Waals surface area contributed by atoms with Crippen LogP contribution in [0.3, 0.4) is 0 Å². The van der Waals surface area contributed by atoms with Crippen molar-refractivity contribution in [3.05, 3.63) is 181 Å². The van der Waals surface area contributed by atoms with Crippen LogP contribution in [0.15, 0.2) is 164 Å². The molecule has 9 aromatic carbocycles. The Hall–Kier alpha value is -7.86. The van der Waals surface area contributed by atoms with Gasteiger partial charge in [0, 0.05) is 33.1 Å². The van der Waals surface area contributed by atoms with E-state index in [4.69, 9.17) is 6.57 Å². The lowest BCUT2D eigenvalue weighted by atomic mass is 9.34. The van der Waals surface area contributed by atoms with Gasteiger partial charge in [0.2, 0.25) is 0 Å². The second kappa shape index (κ2) is 10.9. The summed E-state index contributed by atoms with van der Waals surface area (Å²) in [6.07, 6.45) is 0. The van der Waals surface area contributed by atoms with Crippen LogP contribution in [0.4, 0.5) is 5.69 Å². The van der Waals surface area contributed by atoms with E-state index in [-0.39, 0.29) is 6.71 Å². The second-order valence-electron chi connectivity index (χ2n) is 15.5. The Kier molecular flexibility index (Phi) is 5.82. The van der Waals surface area contributed by atoms with Gasteiger partial charge in [0.25, 0.3) is 6.71 Å². The summed E-state index contributed by atoms with van der Waals surface area (Å²) in [5.74, 6) is 0. The minimum Gasteiger partial charge on any atom is -0.310 e. The lowest BCUT2D eigenvalue weighted by Gasteiger charge is -2.34. The van der Waals surface area contributed by atoms with Crippen molar-refractivity contribution < 1.29 is 0 Å². The quantitative estimate of drug-likeness (QED) is 0.130. The second-order valence-corrected chi connectivity index (χ2v) is 15.5. The summed E-state index contributed by atoms with van der Waals surface area (Å²) in [6.45, 7) is 7.92. The maximum absolute atomic E-state index is 10.1. The zero-order valence-corrected chi connectivity index (χ0v) is 30.5. The van der Waals surface area contributed by atoms with E-state index < -0.39 is 0 Å². The van der Waals surface area contributed by atoms with E-state index in [1.54, 1.807) is 0 Å². The van der Waals surface area contributed by atoms with Gasteiger partial charge in [-0.1, -0.05) is 121 Å². The van der Waals surface area contributed by atoms with E-state index in [0.717, 1.165) is 44.3 Å². The molecule has 57 heavy (non-hydrogen) atoms. The smallest absolute Gasteiger partial charge is 0.252 e. The van der Waals surface area contributed by atoms with Crippen molar-refractivity contribution in [1.29, 1.82) is 5.26 Å². The fraction of sp³-hybridized carbons (Fsp3) is 0. The molecule has 0 saturated heterocycles. The van der Waals surface area contributed by atoms with Crippen LogP contribution in [0.5, 0.6) is 0 Å². The predicted molar refractivity (Wildman–Crippen MR) is 237 cm³/mol. The van der Waals surface area contributed by atoms with Crippen molar-refractivity contribution in [2.24, 2.45) is 0 Å². The summed E-state index contributed by atoms with van der Waals surface area (Å²) in [5.41, 5.74) is 16.6. The molecule has 5 heteroatoms. The van der Waals surface area contributed by atoms with Gasteiger partial charge < -0.3 is 9.13 Å². The molecule has 0 amide bonds. The summed E-state index contributed by atoms with van der Waals surface area (Å²) < 4.78 is 4.97. The molecule has 2 aromatic heterocycles. The minimum atomic E-state index is -0.0619. The standard InChI is InChI=1S/C52H27BN4/c1-55-37-20-22-45-41(28-37)49-39-14-8-6-12-35(39)25-43-52(49)57(45)47-27-36(33-18-16-32(17-19-33)31-9-3-2-4-10-31)26-46-50(47)53(43)42-24-34-11-5-7-13-38(34)48-40-23-30(29-54)15-21-44(40)56(46)51(42)48/h2-28H. The summed E-state index contributed by atoms with van der Waals surface area (Å²) in [4.78, 5) is 3.90. The molecule has 0 unspecified atom stereocenters. The number of rotatable bonds is 2. The minimum absolute atomic E-state index is 0.0619. The van der Waals surface area contributed by atoms with Crippen LogP contribution in [-0.2, 0) is 0 Å². The van der Waals surface area contributed by atoms with E-state index in [1.807, 2.05) is 12.1 Å². The van der Waals surface area contributed by atoms with Gasteiger partial charge in [-0.15, -0.1) is 0 Å². The van der Waals surface area contributed by atoms with Crippen LogP contribution in [0.2, 0.25) is 0 Å². The molecule has 0 spiro atoms. The molecular formula is C52H27BN4. The molecule has 0 N–H and O–H groups in total. The fourth-order valence-electron chi connectivity index (χ4n) is 10.3. The lowest BCUT2D eigenvalue weighted by molar-refractivity contribution is 1.14. The lowest BCUT2D eigenvalue weighted by Crippen LogP contribution is -2.59. The first-order chi connectivity index (χ1) is 28.2. The molecule has 258 valence electrons. The van der Waals surface area contributed by atoms with Crippen molar-refractivity contribution in [1.82, 2.24) is 9.13 Å². The third-order valence-electron chi connectivity index (χ3n) is 12.7. The number of fused-ring (bicyclic) bond motifs is 14. The summed E-state index contributed by atoms with van der Waals surface area (Å²) >= 11 is 0. The molecule has 0 saturated carbocycles. The Morgan fingerprint density at radius 2 is 1.02 bits per heavy atom. The molecule has 0 aliphatic carbocycles. The van der Waals surface area contributed by atoms with Crippen molar-refractivity contribution in [2.45, 2.75) is 0 Å². The van der Waals surface area contributed by atoms with Gasteiger partial charge in [0.05, 0.1) is 34.8 Å². The molecule has 2 aliphatic heterocycles. The highest BCUT2D eigenvalue weighted by Crippen LogP contribution is 2.44. The number of benzene rings is 9. The van der Waals surface area contributed by atoms with Gasteiger partial charge in [-0.05, 0) is 108 Å². The van der Waals surface area contributed by atoms with Crippen LogP contribution in [0.1, 0.15) is 5.56 Å². The number of nitriles is 1. The highest BCUT2D eigenvalue weighted by molar-refractivity contribution is 7.00. The molecule has 0 radical (unpaired) electrons.